The van der Waals surface area contributed by atoms with E-state index in [1.54, 1.807) is 0 Å². The fourth-order valence-electron chi connectivity index (χ4n) is 0.163. The highest BCUT2D eigenvalue weighted by atomic mass is 128. The van der Waals surface area contributed by atoms with Gasteiger partial charge >= 0.3 is 0 Å². The molecular formula is C5H13I2NO. The Balaban J connectivity index is 0. The average Bonchev–Trinajstić information content (AvgIpc) is 1.91. The Labute approximate surface area is 80.3 Å². The molecule has 58 valence electrons. The van der Waals surface area contributed by atoms with Crippen LogP contribution in [0.5, 0.6) is 0 Å². The average molecular weight is 357 g/mol. The summed E-state index contributed by atoms with van der Waals surface area (Å²) in [6, 6.07) is 0.292. The Bertz CT molecular complexity index is 52.2. The highest BCUT2D eigenvalue weighted by Gasteiger charge is 1.98. The first-order valence-corrected chi connectivity index (χ1v) is 8.88. The van der Waals surface area contributed by atoms with Gasteiger partial charge in [-0.25, -0.2) is 0 Å². The molecule has 0 unspecified atom stereocenters. The summed E-state index contributed by atoms with van der Waals surface area (Å²) >= 11 is 4.24. The second-order valence-electron chi connectivity index (χ2n) is 2.00. The Morgan fingerprint density at radius 3 is 1.78 bits per heavy atom. The van der Waals surface area contributed by atoms with Crippen LogP contribution in [0.15, 0.2) is 0 Å². The van der Waals surface area contributed by atoms with E-state index in [4.69, 9.17) is 5.11 Å². The van der Waals surface area contributed by atoms with Crippen LogP contribution in [0.1, 0.15) is 6.92 Å². The van der Waals surface area contributed by atoms with Crippen molar-refractivity contribution in [2.24, 2.45) is 0 Å². The van der Waals surface area contributed by atoms with Crippen LogP contribution < -0.4 is 0 Å². The van der Waals surface area contributed by atoms with E-state index in [2.05, 4.69) is 37.2 Å². The second kappa shape index (κ2) is 9.38. The summed E-state index contributed by atoms with van der Waals surface area (Å²) in [6.07, 6.45) is 0. The zero-order valence-corrected chi connectivity index (χ0v) is 10.2. The molecule has 0 radical (unpaired) electrons. The number of hydrogen-bond donors (Lipinski definition) is 1. The fourth-order valence-corrected chi connectivity index (χ4v) is 0.163. The number of nitrogens with zero attached hydrogens (tertiary/aromatic N) is 1. The summed E-state index contributed by atoms with van der Waals surface area (Å²) in [5, 5.41) is 8.46. The van der Waals surface area contributed by atoms with E-state index in [9.17, 15) is 0 Å². The van der Waals surface area contributed by atoms with E-state index in [0.717, 1.165) is 0 Å². The third-order valence-corrected chi connectivity index (χ3v) is 1.15. The predicted molar refractivity (Wildman–Crippen MR) is 58.3 cm³/mol. The molecule has 4 heteroatoms. The summed E-state index contributed by atoms with van der Waals surface area (Å²) in [6.45, 7) is 2.22. The smallest absolute Gasteiger partial charge is 0.0583 e. The lowest BCUT2D eigenvalue weighted by molar-refractivity contribution is 0.182. The Hall–Kier alpha value is 1.38. The third kappa shape index (κ3) is 9.38. The van der Waals surface area contributed by atoms with Gasteiger partial charge in [0, 0.05) is 43.3 Å². The maximum Gasteiger partial charge on any atom is 0.0583 e. The molecule has 0 fully saturated rings. The summed E-state index contributed by atoms with van der Waals surface area (Å²) in [5.41, 5.74) is 0. The minimum Gasteiger partial charge on any atom is -0.395 e. The molecule has 0 amide bonds. The highest BCUT2D eigenvalue weighted by molar-refractivity contribution is 15.0. The molecule has 2 nitrogen and oxygen atoms in total. The molecule has 0 heterocycles. The van der Waals surface area contributed by atoms with Gasteiger partial charge in [0.05, 0.1) is 6.61 Å². The van der Waals surface area contributed by atoms with Gasteiger partial charge in [-0.05, 0) is 21.0 Å². The molecule has 0 spiro atoms. The molecular weight excluding hydrogens is 344 g/mol. The highest BCUT2D eigenvalue weighted by Crippen LogP contribution is 1.89. The normalized spacial score (nSPS) is 12.3. The molecule has 1 atom stereocenters. The monoisotopic (exact) mass is 357 g/mol. The number of hydrogen-bond acceptors (Lipinski definition) is 2. The minimum atomic E-state index is 0.243. The zero-order valence-electron chi connectivity index (χ0n) is 5.93. The van der Waals surface area contributed by atoms with Crippen molar-refractivity contribution >= 4 is 37.2 Å². The number of halogens is 2. The molecule has 0 aromatic carbocycles. The van der Waals surface area contributed by atoms with Crippen LogP contribution in [0.25, 0.3) is 0 Å². The summed E-state index contributed by atoms with van der Waals surface area (Å²) < 4.78 is 0. The summed E-state index contributed by atoms with van der Waals surface area (Å²) in [5.74, 6) is 0. The van der Waals surface area contributed by atoms with E-state index in [-0.39, 0.29) is 6.61 Å². The largest absolute Gasteiger partial charge is 0.395 e. The Kier molecular flexibility index (Phi) is 13.6. The van der Waals surface area contributed by atoms with Crippen molar-refractivity contribution < 1.29 is 5.11 Å². The Morgan fingerprint density at radius 1 is 1.44 bits per heavy atom. The molecule has 9 heavy (non-hydrogen) atoms. The molecule has 0 aromatic rings. The first-order valence-electron chi connectivity index (χ1n) is 2.60. The molecule has 0 saturated carbocycles. The zero-order chi connectivity index (χ0) is 7.86. The summed E-state index contributed by atoms with van der Waals surface area (Å²) in [7, 11) is 3.89. The molecule has 0 saturated heterocycles. The van der Waals surface area contributed by atoms with E-state index in [1.165, 1.54) is 0 Å². The van der Waals surface area contributed by atoms with Crippen LogP contribution in [0, 0.1) is 0 Å². The molecule has 0 aliphatic carbocycles. The van der Waals surface area contributed by atoms with Gasteiger partial charge in [-0.1, -0.05) is 0 Å². The van der Waals surface area contributed by atoms with Crippen LogP contribution in [0.4, 0.5) is 0 Å². The molecule has 0 aliphatic heterocycles. The van der Waals surface area contributed by atoms with Crippen molar-refractivity contribution in [3.8, 4) is 0 Å². The lowest BCUT2D eigenvalue weighted by atomic mass is 10.3. The van der Waals surface area contributed by atoms with Crippen LogP contribution in [0.3, 0.4) is 0 Å². The number of aliphatic hydroxyl groups excluding tert-OH is 1. The lowest BCUT2D eigenvalue weighted by Crippen LogP contribution is -2.27. The molecule has 0 bridgehead atoms. The van der Waals surface area contributed by atoms with E-state index in [0.29, 0.717) is 6.04 Å². The quantitative estimate of drug-likeness (QED) is 0.761. The molecule has 0 aliphatic rings. The SMILES string of the molecule is C[C@@H](CO)N(C)C.II. The van der Waals surface area contributed by atoms with Crippen molar-refractivity contribution in [2.45, 2.75) is 13.0 Å². The molecule has 1 N–H and O–H groups in total. The molecule has 0 aromatic heterocycles. The molecule has 0 rings (SSSR count). The number of likely N-dealkylation sites (N-methyl/N-ethyl adjacent to an activating group) is 1. The van der Waals surface area contributed by atoms with Gasteiger partial charge < -0.3 is 10.0 Å². The van der Waals surface area contributed by atoms with Gasteiger partial charge in [-0.3, -0.25) is 0 Å². The fraction of sp³-hybridized carbons (Fsp3) is 1.00. The Morgan fingerprint density at radius 2 is 1.78 bits per heavy atom. The third-order valence-electron chi connectivity index (χ3n) is 1.15. The number of aliphatic hydroxyl groups is 1. The topological polar surface area (TPSA) is 23.5 Å². The van der Waals surface area contributed by atoms with Crippen molar-refractivity contribution in [2.75, 3.05) is 20.7 Å². The van der Waals surface area contributed by atoms with Crippen LogP contribution in [-0.4, -0.2) is 36.8 Å². The van der Waals surface area contributed by atoms with Gasteiger partial charge in [0.15, 0.2) is 0 Å². The minimum absolute atomic E-state index is 0.243. The van der Waals surface area contributed by atoms with Gasteiger partial charge in [0.25, 0.3) is 0 Å². The van der Waals surface area contributed by atoms with Gasteiger partial charge in [-0.15, -0.1) is 0 Å². The first-order chi connectivity index (χ1) is 4.18. The van der Waals surface area contributed by atoms with Crippen molar-refractivity contribution in [3.05, 3.63) is 0 Å². The van der Waals surface area contributed by atoms with E-state index >= 15 is 0 Å². The number of rotatable bonds is 2. The maximum absolute atomic E-state index is 8.46. The van der Waals surface area contributed by atoms with Crippen LogP contribution in [-0.2, 0) is 0 Å². The standard InChI is InChI=1S/C5H13NO.I2/c1-5(4-7)6(2)3;1-2/h5,7H,4H2,1-3H3;/t5-;/m0./s1. The van der Waals surface area contributed by atoms with Crippen LogP contribution in [0.2, 0.25) is 0 Å². The van der Waals surface area contributed by atoms with Gasteiger partial charge in [-0.2, -0.15) is 0 Å². The van der Waals surface area contributed by atoms with Crippen molar-refractivity contribution in [1.82, 2.24) is 4.90 Å². The van der Waals surface area contributed by atoms with E-state index < -0.39 is 0 Å². The van der Waals surface area contributed by atoms with Gasteiger partial charge in [0.2, 0.25) is 0 Å². The van der Waals surface area contributed by atoms with Crippen molar-refractivity contribution in [1.29, 1.82) is 0 Å². The maximum atomic E-state index is 8.46. The van der Waals surface area contributed by atoms with Gasteiger partial charge in [0.1, 0.15) is 0 Å². The summed E-state index contributed by atoms with van der Waals surface area (Å²) in [4.78, 5) is 1.97. The predicted octanol–water partition coefficient (Wildman–Crippen LogP) is 1.70. The first kappa shape index (κ1) is 13.0. The second-order valence-corrected chi connectivity index (χ2v) is 2.00. The van der Waals surface area contributed by atoms with Crippen LogP contribution >= 0.6 is 37.2 Å². The lowest BCUT2D eigenvalue weighted by Gasteiger charge is -2.15. The van der Waals surface area contributed by atoms with Crippen molar-refractivity contribution in [3.63, 3.8) is 0 Å². The van der Waals surface area contributed by atoms with E-state index in [1.807, 2.05) is 25.9 Å².